The molecule has 0 N–H and O–H groups in total. The molecule has 0 bridgehead atoms. The second kappa shape index (κ2) is 4.71. The monoisotopic (exact) mass is 313 g/mol. The smallest absolute Gasteiger partial charge is 0.195 e. The van der Waals surface area contributed by atoms with Gasteiger partial charge in [0.2, 0.25) is 0 Å². The molecule has 0 amide bonds. The Morgan fingerprint density at radius 2 is 1.62 bits per heavy atom. The maximum absolute atomic E-state index is 6.42. The largest absolute Gasteiger partial charge is 0.453 e. The van der Waals surface area contributed by atoms with Crippen LogP contribution in [0.4, 0.5) is 0 Å². The summed E-state index contributed by atoms with van der Waals surface area (Å²) in [4.78, 5) is 0. The third-order valence-electron chi connectivity index (χ3n) is 4.81. The van der Waals surface area contributed by atoms with Crippen molar-refractivity contribution in [2.24, 2.45) is 7.05 Å². The van der Waals surface area contributed by atoms with E-state index in [2.05, 4.69) is 71.0 Å². The van der Waals surface area contributed by atoms with Gasteiger partial charge in [0.25, 0.3) is 0 Å². The number of nitrogens with zero attached hydrogens (tertiary/aromatic N) is 2. The first-order valence-corrected chi connectivity index (χ1v) is 8.11. The van der Waals surface area contributed by atoms with Crippen LogP contribution >= 0.6 is 0 Å². The van der Waals surface area contributed by atoms with E-state index in [0.29, 0.717) is 0 Å². The maximum Gasteiger partial charge on any atom is 0.195 e. The van der Waals surface area contributed by atoms with Crippen LogP contribution in [0.3, 0.4) is 0 Å². The van der Waals surface area contributed by atoms with Crippen molar-refractivity contribution in [1.82, 2.24) is 4.68 Å². The summed E-state index contributed by atoms with van der Waals surface area (Å²) in [6.07, 6.45) is 4.10. The van der Waals surface area contributed by atoms with Gasteiger partial charge >= 0.3 is 0 Å². The van der Waals surface area contributed by atoms with Crippen LogP contribution in [0.1, 0.15) is 5.56 Å². The van der Waals surface area contributed by atoms with E-state index in [9.17, 15) is 0 Å². The molecule has 0 unspecified atom stereocenters. The summed E-state index contributed by atoms with van der Waals surface area (Å²) in [5.74, 6) is 0. The highest BCUT2D eigenvalue weighted by Crippen LogP contribution is 2.37. The van der Waals surface area contributed by atoms with Crippen LogP contribution in [-0.2, 0) is 7.05 Å². The molecule has 116 valence electrons. The van der Waals surface area contributed by atoms with Gasteiger partial charge in [0.05, 0.1) is 6.20 Å². The lowest BCUT2D eigenvalue weighted by molar-refractivity contribution is -0.744. The molecule has 3 aromatic carbocycles. The Labute approximate surface area is 139 Å². The zero-order valence-corrected chi connectivity index (χ0v) is 13.7. The number of furan rings is 1. The highest BCUT2D eigenvalue weighted by Gasteiger charge is 2.19. The van der Waals surface area contributed by atoms with Gasteiger partial charge in [-0.2, -0.15) is 0 Å². The van der Waals surface area contributed by atoms with E-state index in [1.807, 2.05) is 19.3 Å². The third kappa shape index (κ3) is 1.69. The minimum atomic E-state index is 0.938. The summed E-state index contributed by atoms with van der Waals surface area (Å²) in [6, 6.07) is 19.1. The first-order valence-electron chi connectivity index (χ1n) is 8.11. The Kier molecular flexibility index (Phi) is 2.63. The van der Waals surface area contributed by atoms with Crippen molar-refractivity contribution in [1.29, 1.82) is 0 Å². The molecule has 0 aliphatic rings. The van der Waals surface area contributed by atoms with E-state index in [1.165, 1.54) is 16.3 Å². The van der Waals surface area contributed by atoms with Crippen molar-refractivity contribution in [3.05, 3.63) is 72.6 Å². The molecule has 0 spiro atoms. The van der Waals surface area contributed by atoms with Gasteiger partial charge in [0.1, 0.15) is 5.58 Å². The van der Waals surface area contributed by atoms with Gasteiger partial charge in [-0.1, -0.05) is 42.5 Å². The zero-order chi connectivity index (χ0) is 16.3. The van der Waals surface area contributed by atoms with Crippen LogP contribution in [0.15, 0.2) is 71.4 Å². The topological polar surface area (TPSA) is 21.9 Å². The molecule has 5 rings (SSSR count). The van der Waals surface area contributed by atoms with Crippen molar-refractivity contribution >= 4 is 32.7 Å². The van der Waals surface area contributed by atoms with Crippen molar-refractivity contribution < 1.29 is 9.10 Å². The van der Waals surface area contributed by atoms with Gasteiger partial charge in [-0.3, -0.25) is 0 Å². The van der Waals surface area contributed by atoms with Crippen LogP contribution < -0.4 is 4.68 Å². The molecule has 0 fully saturated rings. The lowest BCUT2D eigenvalue weighted by Gasteiger charge is -2.05. The molecule has 3 nitrogen and oxygen atoms in total. The van der Waals surface area contributed by atoms with Crippen molar-refractivity contribution in [2.75, 3.05) is 0 Å². The molecule has 0 radical (unpaired) electrons. The minimum absolute atomic E-state index is 0.938. The number of rotatable bonds is 1. The van der Waals surface area contributed by atoms with Gasteiger partial charge in [-0.05, 0) is 23.9 Å². The summed E-state index contributed by atoms with van der Waals surface area (Å²) in [6.45, 7) is 2.13. The molecule has 0 atom stereocenters. The first kappa shape index (κ1) is 13.4. The normalized spacial score (nSPS) is 11.8. The van der Waals surface area contributed by atoms with Crippen molar-refractivity contribution in [3.8, 4) is 5.69 Å². The molecule has 0 saturated heterocycles. The van der Waals surface area contributed by atoms with Gasteiger partial charge < -0.3 is 4.42 Å². The summed E-state index contributed by atoms with van der Waals surface area (Å²) in [5.41, 5.74) is 4.19. The second-order valence-corrected chi connectivity index (χ2v) is 6.28. The predicted octanol–water partition coefficient (Wildman–Crippen LogP) is 4.66. The average molecular weight is 313 g/mol. The quantitative estimate of drug-likeness (QED) is 0.412. The molecule has 24 heavy (non-hydrogen) atoms. The van der Waals surface area contributed by atoms with Gasteiger partial charge in [-0.15, -0.1) is 9.36 Å². The summed E-state index contributed by atoms with van der Waals surface area (Å²) in [7, 11) is 2.04. The molecular weight excluding hydrogens is 296 g/mol. The summed E-state index contributed by atoms with van der Waals surface area (Å²) < 4.78 is 10.6. The van der Waals surface area contributed by atoms with Crippen LogP contribution in [0.25, 0.3) is 38.4 Å². The number of hydrogen-bond acceptors (Lipinski definition) is 1. The predicted molar refractivity (Wildman–Crippen MR) is 96.5 cm³/mol. The van der Waals surface area contributed by atoms with Crippen LogP contribution in [0.5, 0.6) is 0 Å². The Hall–Kier alpha value is -3.07. The van der Waals surface area contributed by atoms with Crippen molar-refractivity contribution in [3.63, 3.8) is 0 Å². The molecule has 5 aromatic rings. The van der Waals surface area contributed by atoms with E-state index < -0.39 is 0 Å². The molecular formula is C21H17N2O+. The van der Waals surface area contributed by atoms with Gasteiger partial charge in [0, 0.05) is 22.2 Å². The lowest BCUT2D eigenvalue weighted by atomic mass is 10.0. The summed E-state index contributed by atoms with van der Waals surface area (Å²) >= 11 is 0. The number of hydrogen-bond donors (Lipinski definition) is 0. The summed E-state index contributed by atoms with van der Waals surface area (Å²) in [5, 5.41) is 4.69. The first-order chi connectivity index (χ1) is 11.7. The number of aromatic nitrogens is 2. The van der Waals surface area contributed by atoms with Crippen LogP contribution in [0.2, 0.25) is 0 Å². The lowest BCUT2D eigenvalue weighted by Crippen LogP contribution is -2.37. The third-order valence-corrected chi connectivity index (χ3v) is 4.81. The Bertz CT molecular complexity index is 1230. The fourth-order valence-corrected chi connectivity index (χ4v) is 3.59. The zero-order valence-electron chi connectivity index (χ0n) is 13.7. The molecule has 2 aromatic heterocycles. The van der Waals surface area contributed by atoms with E-state index in [1.54, 1.807) is 0 Å². The van der Waals surface area contributed by atoms with E-state index in [-0.39, 0.29) is 0 Å². The number of aryl methyl sites for hydroxylation is 2. The molecule has 2 heterocycles. The van der Waals surface area contributed by atoms with E-state index in [4.69, 9.17) is 4.42 Å². The fraction of sp³-hybridized carbons (Fsp3) is 0.0952. The van der Waals surface area contributed by atoms with Crippen LogP contribution in [-0.4, -0.2) is 4.68 Å². The van der Waals surface area contributed by atoms with Crippen LogP contribution in [0, 0.1) is 6.92 Å². The number of fused-ring (bicyclic) bond motifs is 5. The SMILES string of the molecule is Cc1ccc2c(oc3c4ccccc4ccc23)c1-n1ccc[n+]1C. The second-order valence-electron chi connectivity index (χ2n) is 6.28. The van der Waals surface area contributed by atoms with E-state index >= 15 is 0 Å². The maximum atomic E-state index is 6.42. The average Bonchev–Trinajstić information content (AvgIpc) is 3.18. The Morgan fingerprint density at radius 1 is 0.833 bits per heavy atom. The number of benzene rings is 3. The highest BCUT2D eigenvalue weighted by molar-refractivity contribution is 6.16. The van der Waals surface area contributed by atoms with E-state index in [0.717, 1.165) is 27.6 Å². The fourth-order valence-electron chi connectivity index (χ4n) is 3.59. The molecule has 0 aliphatic heterocycles. The molecule has 0 saturated carbocycles. The Morgan fingerprint density at radius 3 is 2.46 bits per heavy atom. The van der Waals surface area contributed by atoms with Crippen molar-refractivity contribution in [2.45, 2.75) is 6.92 Å². The standard InChI is InChI=1S/C21H17N2O/c1-14-8-10-18-17-11-9-15-6-3-4-7-16(15)20(17)24-21(18)19(14)23-13-5-12-22(23)2/h3-13H,1-2H3/q+1. The molecule has 0 aliphatic carbocycles. The minimum Gasteiger partial charge on any atom is -0.453 e. The van der Waals surface area contributed by atoms with Gasteiger partial charge in [-0.25, -0.2) is 0 Å². The Balaban J connectivity index is 1.99. The van der Waals surface area contributed by atoms with Gasteiger partial charge in [0.15, 0.2) is 24.5 Å². The molecule has 3 heteroatoms. The highest BCUT2D eigenvalue weighted by atomic mass is 16.3.